The van der Waals surface area contributed by atoms with Crippen LogP contribution in [0.2, 0.25) is 0 Å². The maximum Gasteiger partial charge on any atom is 0.494 e. The third-order valence-electron chi connectivity index (χ3n) is 4.90. The number of benzene rings is 1. The van der Waals surface area contributed by atoms with Crippen molar-refractivity contribution < 1.29 is 27.0 Å². The van der Waals surface area contributed by atoms with E-state index in [9.17, 15) is 17.7 Å². The lowest BCUT2D eigenvalue weighted by atomic mass is 9.78. The van der Waals surface area contributed by atoms with Crippen LogP contribution >= 0.6 is 0 Å². The van der Waals surface area contributed by atoms with E-state index in [2.05, 4.69) is 4.72 Å². The molecule has 1 aromatic carbocycles. The standard InChI is InChI=1S/C18H27BF3NO3S/c1-15(2,3)27(24)23-14(18(20,21)22)12-8-10-13(11-9-12)19-25-16(4,5)17(6,7)26-19/h8-11,14,23H,1-7H3/t14-,27?/m0/s1. The number of hydrogen-bond donors (Lipinski definition) is 1. The van der Waals surface area contributed by atoms with E-state index >= 15 is 0 Å². The third kappa shape index (κ3) is 5.01. The summed E-state index contributed by atoms with van der Waals surface area (Å²) in [5, 5.41) is 0. The molecule has 27 heavy (non-hydrogen) atoms. The average Bonchev–Trinajstić information content (AvgIpc) is 2.71. The summed E-state index contributed by atoms with van der Waals surface area (Å²) in [6.45, 7) is 12.5. The zero-order chi connectivity index (χ0) is 20.8. The molecule has 1 fully saturated rings. The summed E-state index contributed by atoms with van der Waals surface area (Å²) in [6.07, 6.45) is -4.58. The third-order valence-corrected chi connectivity index (χ3v) is 6.47. The minimum absolute atomic E-state index is 0.0135. The van der Waals surface area contributed by atoms with E-state index in [1.807, 2.05) is 27.7 Å². The molecule has 4 nitrogen and oxygen atoms in total. The minimum Gasteiger partial charge on any atom is -0.598 e. The number of rotatable bonds is 4. The molecule has 1 aliphatic heterocycles. The Bertz CT molecular complexity index is 643. The van der Waals surface area contributed by atoms with Crippen molar-refractivity contribution in [3.63, 3.8) is 0 Å². The highest BCUT2D eigenvalue weighted by Crippen LogP contribution is 2.37. The topological polar surface area (TPSA) is 53.5 Å². The van der Waals surface area contributed by atoms with Crippen molar-refractivity contribution in [2.45, 2.75) is 76.6 Å². The van der Waals surface area contributed by atoms with Gasteiger partial charge in [0.2, 0.25) is 0 Å². The number of halogens is 3. The van der Waals surface area contributed by atoms with Gasteiger partial charge in [-0.05, 0) is 59.5 Å². The first-order valence-electron chi connectivity index (χ1n) is 8.75. The molecule has 0 spiro atoms. The van der Waals surface area contributed by atoms with Crippen LogP contribution in [0.15, 0.2) is 24.3 Å². The summed E-state index contributed by atoms with van der Waals surface area (Å²) >= 11 is -1.86. The van der Waals surface area contributed by atoms with Crippen LogP contribution in [0.5, 0.6) is 0 Å². The molecule has 0 aliphatic carbocycles. The van der Waals surface area contributed by atoms with Gasteiger partial charge in [-0.2, -0.15) is 13.2 Å². The lowest BCUT2D eigenvalue weighted by molar-refractivity contribution is -0.153. The van der Waals surface area contributed by atoms with Crippen LogP contribution in [0.3, 0.4) is 0 Å². The second-order valence-corrected chi connectivity index (χ2v) is 10.7. The molecule has 152 valence electrons. The van der Waals surface area contributed by atoms with Crippen LogP contribution in [-0.4, -0.2) is 33.8 Å². The molecule has 9 heteroatoms. The Hall–Kier alpha value is -0.735. The Morgan fingerprint density at radius 1 is 1.00 bits per heavy atom. The predicted molar refractivity (Wildman–Crippen MR) is 102 cm³/mol. The smallest absolute Gasteiger partial charge is 0.494 e. The van der Waals surface area contributed by atoms with Crippen LogP contribution in [0.25, 0.3) is 0 Å². The fourth-order valence-electron chi connectivity index (χ4n) is 2.43. The van der Waals surface area contributed by atoms with Gasteiger partial charge >= 0.3 is 13.3 Å². The van der Waals surface area contributed by atoms with Crippen molar-refractivity contribution in [1.82, 2.24) is 4.72 Å². The molecule has 2 atom stereocenters. The van der Waals surface area contributed by atoms with Gasteiger partial charge in [0.15, 0.2) is 6.04 Å². The van der Waals surface area contributed by atoms with Crippen molar-refractivity contribution in [2.75, 3.05) is 0 Å². The van der Waals surface area contributed by atoms with Crippen molar-refractivity contribution >= 4 is 23.9 Å². The lowest BCUT2D eigenvalue weighted by Crippen LogP contribution is -2.45. The molecule has 0 saturated carbocycles. The van der Waals surface area contributed by atoms with Crippen LogP contribution in [0, 0.1) is 0 Å². The Morgan fingerprint density at radius 3 is 1.81 bits per heavy atom. The highest BCUT2D eigenvalue weighted by atomic mass is 32.2. The van der Waals surface area contributed by atoms with Gasteiger partial charge in [-0.15, -0.1) is 4.72 Å². The normalized spacial score (nSPS) is 22.0. The monoisotopic (exact) mass is 405 g/mol. The molecule has 1 aromatic rings. The highest BCUT2D eigenvalue weighted by molar-refractivity contribution is 7.90. The SMILES string of the molecule is CC(C)(C)[S+]([O-])N[C@@H](c1ccc(B2OC(C)(C)C(C)(C)O2)cc1)C(F)(F)F. The maximum atomic E-state index is 13.5. The van der Waals surface area contributed by atoms with E-state index in [4.69, 9.17) is 9.31 Å². The Labute approximate surface area is 162 Å². The molecule has 0 aromatic heterocycles. The lowest BCUT2D eigenvalue weighted by Gasteiger charge is -2.32. The summed E-state index contributed by atoms with van der Waals surface area (Å²) in [5.41, 5.74) is -0.443. The van der Waals surface area contributed by atoms with Crippen LogP contribution in [0.1, 0.15) is 60.1 Å². The van der Waals surface area contributed by atoms with Crippen molar-refractivity contribution in [1.29, 1.82) is 0 Å². The Balaban J connectivity index is 2.23. The molecule has 1 aliphatic rings. The van der Waals surface area contributed by atoms with Crippen LogP contribution in [0.4, 0.5) is 13.2 Å². The molecule has 1 N–H and O–H groups in total. The molecule has 0 radical (unpaired) electrons. The second-order valence-electron chi connectivity index (χ2n) is 8.73. The molecule has 0 amide bonds. The van der Waals surface area contributed by atoms with E-state index in [1.54, 1.807) is 32.9 Å². The first-order chi connectivity index (χ1) is 12.0. The molecular formula is C18H27BF3NO3S. The van der Waals surface area contributed by atoms with Gasteiger partial charge in [-0.3, -0.25) is 0 Å². The molecule has 2 rings (SSSR count). The molecule has 1 heterocycles. The maximum absolute atomic E-state index is 13.5. The van der Waals surface area contributed by atoms with Gasteiger partial charge in [0.1, 0.15) is 4.75 Å². The first-order valence-corrected chi connectivity index (χ1v) is 9.90. The predicted octanol–water partition coefficient (Wildman–Crippen LogP) is 3.64. The Kier molecular flexibility index (Phi) is 6.06. The van der Waals surface area contributed by atoms with E-state index in [0.717, 1.165) is 0 Å². The first kappa shape index (κ1) is 22.6. The van der Waals surface area contributed by atoms with Gasteiger partial charge in [0, 0.05) is 11.4 Å². The molecular weight excluding hydrogens is 378 g/mol. The number of nitrogens with one attached hydrogen (secondary N) is 1. The quantitative estimate of drug-likeness (QED) is 0.614. The van der Waals surface area contributed by atoms with Crippen molar-refractivity contribution in [3.8, 4) is 0 Å². The van der Waals surface area contributed by atoms with E-state index in [-0.39, 0.29) is 5.56 Å². The number of alkyl halides is 3. The molecule has 1 unspecified atom stereocenters. The summed E-state index contributed by atoms with van der Waals surface area (Å²) in [5.74, 6) is 0. The second kappa shape index (κ2) is 7.26. The van der Waals surface area contributed by atoms with E-state index < -0.39 is 46.6 Å². The van der Waals surface area contributed by atoms with Crippen LogP contribution in [-0.2, 0) is 20.7 Å². The fraction of sp³-hybridized carbons (Fsp3) is 0.667. The largest absolute Gasteiger partial charge is 0.598 e. The summed E-state index contributed by atoms with van der Waals surface area (Å²) in [4.78, 5) is 0. The number of hydrogen-bond acceptors (Lipinski definition) is 4. The Morgan fingerprint density at radius 2 is 1.44 bits per heavy atom. The minimum atomic E-state index is -4.58. The van der Waals surface area contributed by atoms with Crippen molar-refractivity contribution in [2.24, 2.45) is 0 Å². The van der Waals surface area contributed by atoms with Gasteiger partial charge in [0.05, 0.1) is 11.2 Å². The van der Waals surface area contributed by atoms with Crippen molar-refractivity contribution in [3.05, 3.63) is 29.8 Å². The molecule has 0 bridgehead atoms. The van der Waals surface area contributed by atoms with Crippen LogP contribution < -0.4 is 10.2 Å². The zero-order valence-corrected chi connectivity index (χ0v) is 17.5. The van der Waals surface area contributed by atoms with E-state index in [1.165, 1.54) is 12.1 Å². The van der Waals surface area contributed by atoms with E-state index in [0.29, 0.717) is 5.46 Å². The zero-order valence-electron chi connectivity index (χ0n) is 16.7. The van der Waals surface area contributed by atoms with Gasteiger partial charge in [0.25, 0.3) is 0 Å². The molecule has 1 saturated heterocycles. The average molecular weight is 405 g/mol. The fourth-order valence-corrected chi connectivity index (χ4v) is 3.27. The van der Waals surface area contributed by atoms with Gasteiger partial charge in [-0.1, -0.05) is 24.3 Å². The summed E-state index contributed by atoms with van der Waals surface area (Å²) in [6, 6.07) is 3.82. The highest BCUT2D eigenvalue weighted by Gasteiger charge is 2.52. The summed E-state index contributed by atoms with van der Waals surface area (Å²) in [7, 11) is -0.648. The van der Waals surface area contributed by atoms with Gasteiger partial charge < -0.3 is 13.9 Å². The summed E-state index contributed by atoms with van der Waals surface area (Å²) < 4.78 is 65.9. The van der Waals surface area contributed by atoms with Gasteiger partial charge in [-0.25, -0.2) is 0 Å².